The minimum Gasteiger partial charge on any atom is -0.0654 e. The molecule has 0 unspecified atom stereocenters. The van der Waals surface area contributed by atoms with Gasteiger partial charge in [0, 0.05) is 8.95 Å². The van der Waals surface area contributed by atoms with Crippen molar-refractivity contribution in [2.45, 2.75) is 78.1 Å². The molecule has 0 aliphatic rings. The number of benzene rings is 2. The maximum atomic E-state index is 3.86. The molecule has 2 rings (SSSR count). The lowest BCUT2D eigenvalue weighted by Gasteiger charge is -2.12. The lowest BCUT2D eigenvalue weighted by molar-refractivity contribution is 0.666. The van der Waals surface area contributed by atoms with Crippen molar-refractivity contribution in [2.75, 3.05) is 0 Å². The van der Waals surface area contributed by atoms with Gasteiger partial charge < -0.3 is 0 Å². The number of hydrogen-bond acceptors (Lipinski definition) is 0. The molecule has 0 fully saturated rings. The molecule has 2 heteroatoms. The van der Waals surface area contributed by atoms with E-state index in [4.69, 9.17) is 0 Å². The Bertz CT molecular complexity index is 589. The standard InChI is InChI=1S/C22H30Br2/c1-3-5-7-9-11-17-13-15-20-19(21(17)23)16-14-18(22(20)24)12-10-8-6-4-2/h13-16H,3-12H2,1-2H3. The van der Waals surface area contributed by atoms with E-state index in [1.165, 1.54) is 95.1 Å². The van der Waals surface area contributed by atoms with E-state index in [-0.39, 0.29) is 0 Å². The van der Waals surface area contributed by atoms with Crippen molar-refractivity contribution in [3.8, 4) is 0 Å². The van der Waals surface area contributed by atoms with Gasteiger partial charge in [0.05, 0.1) is 0 Å². The van der Waals surface area contributed by atoms with Gasteiger partial charge in [-0.05, 0) is 79.4 Å². The minimum atomic E-state index is 1.17. The van der Waals surface area contributed by atoms with E-state index < -0.39 is 0 Å². The van der Waals surface area contributed by atoms with E-state index in [1.54, 1.807) is 0 Å². The molecule has 0 heterocycles. The quantitative estimate of drug-likeness (QED) is 0.315. The summed E-state index contributed by atoms with van der Waals surface area (Å²) in [6.07, 6.45) is 12.9. The third-order valence-electron chi connectivity index (χ3n) is 4.83. The Hall–Kier alpha value is -0.340. The molecular formula is C22H30Br2. The van der Waals surface area contributed by atoms with Crippen molar-refractivity contribution in [2.24, 2.45) is 0 Å². The predicted molar refractivity (Wildman–Crippen MR) is 115 cm³/mol. The molecule has 0 saturated heterocycles. The number of halogens is 2. The molecule has 0 N–H and O–H groups in total. The topological polar surface area (TPSA) is 0 Å². The number of aryl methyl sites for hydroxylation is 2. The maximum absolute atomic E-state index is 3.86. The second-order valence-corrected chi connectivity index (χ2v) is 8.38. The van der Waals surface area contributed by atoms with E-state index in [0.29, 0.717) is 0 Å². The van der Waals surface area contributed by atoms with Gasteiger partial charge in [-0.1, -0.05) is 76.6 Å². The molecule has 24 heavy (non-hydrogen) atoms. The lowest BCUT2D eigenvalue weighted by atomic mass is 9.99. The molecule has 0 spiro atoms. The summed E-state index contributed by atoms with van der Waals surface area (Å²) in [5.41, 5.74) is 2.89. The third kappa shape index (κ3) is 5.33. The fourth-order valence-corrected chi connectivity index (χ4v) is 4.65. The Morgan fingerprint density at radius 2 is 1.00 bits per heavy atom. The van der Waals surface area contributed by atoms with Gasteiger partial charge in [0.2, 0.25) is 0 Å². The molecule has 0 aromatic heterocycles. The minimum absolute atomic E-state index is 1.17. The third-order valence-corrected chi connectivity index (χ3v) is 6.70. The first kappa shape index (κ1) is 20.0. The van der Waals surface area contributed by atoms with E-state index in [9.17, 15) is 0 Å². The monoisotopic (exact) mass is 452 g/mol. The van der Waals surface area contributed by atoms with Crippen LogP contribution in [0.5, 0.6) is 0 Å². The van der Waals surface area contributed by atoms with Crippen LogP contribution in [0.15, 0.2) is 33.2 Å². The Morgan fingerprint density at radius 1 is 0.583 bits per heavy atom. The number of fused-ring (bicyclic) bond motifs is 1. The van der Waals surface area contributed by atoms with Crippen molar-refractivity contribution < 1.29 is 0 Å². The zero-order valence-corrected chi connectivity index (χ0v) is 18.3. The molecule has 2 aromatic rings. The Labute approximate surface area is 164 Å². The summed E-state index contributed by atoms with van der Waals surface area (Å²) in [7, 11) is 0. The molecule has 2 aromatic carbocycles. The number of rotatable bonds is 10. The first-order chi connectivity index (χ1) is 11.7. The number of unbranched alkanes of at least 4 members (excludes halogenated alkanes) is 6. The van der Waals surface area contributed by atoms with Crippen LogP contribution in [-0.2, 0) is 12.8 Å². The second kappa shape index (κ2) is 10.6. The van der Waals surface area contributed by atoms with Crippen LogP contribution in [0.4, 0.5) is 0 Å². The summed E-state index contributed by atoms with van der Waals surface area (Å²) in [5, 5.41) is 2.68. The SMILES string of the molecule is CCCCCCc1ccc2c(Br)c(CCCCCC)ccc2c1Br. The highest BCUT2D eigenvalue weighted by molar-refractivity contribution is 9.11. The second-order valence-electron chi connectivity index (χ2n) is 6.79. The van der Waals surface area contributed by atoms with Gasteiger partial charge in [0.25, 0.3) is 0 Å². The van der Waals surface area contributed by atoms with Gasteiger partial charge >= 0.3 is 0 Å². The molecular weight excluding hydrogens is 424 g/mol. The Morgan fingerprint density at radius 3 is 1.38 bits per heavy atom. The summed E-state index contributed by atoms with van der Waals surface area (Å²) in [6.45, 7) is 4.53. The highest BCUT2D eigenvalue weighted by Gasteiger charge is 2.10. The van der Waals surface area contributed by atoms with Gasteiger partial charge in [-0.3, -0.25) is 0 Å². The summed E-state index contributed by atoms with van der Waals surface area (Å²) >= 11 is 7.72. The van der Waals surface area contributed by atoms with Gasteiger partial charge in [-0.25, -0.2) is 0 Å². The molecule has 0 aliphatic carbocycles. The summed E-state index contributed by atoms with van der Waals surface area (Å²) in [5.74, 6) is 0. The average molecular weight is 454 g/mol. The molecule has 0 bridgehead atoms. The molecule has 132 valence electrons. The molecule has 0 radical (unpaired) electrons. The number of hydrogen-bond donors (Lipinski definition) is 0. The molecule has 0 atom stereocenters. The maximum Gasteiger partial charge on any atom is 0.0286 e. The fourth-order valence-electron chi connectivity index (χ4n) is 3.29. The first-order valence-electron chi connectivity index (χ1n) is 9.57. The molecule has 0 amide bonds. The van der Waals surface area contributed by atoms with Gasteiger partial charge in [0.1, 0.15) is 0 Å². The van der Waals surface area contributed by atoms with E-state index in [2.05, 4.69) is 70.0 Å². The van der Waals surface area contributed by atoms with Crippen LogP contribution in [0, 0.1) is 0 Å². The van der Waals surface area contributed by atoms with E-state index in [0.717, 1.165) is 0 Å². The van der Waals surface area contributed by atoms with Crippen LogP contribution in [0.3, 0.4) is 0 Å². The summed E-state index contributed by atoms with van der Waals surface area (Å²) in [4.78, 5) is 0. The normalized spacial score (nSPS) is 11.3. The highest BCUT2D eigenvalue weighted by Crippen LogP contribution is 2.35. The Balaban J connectivity index is 2.13. The molecule has 0 nitrogen and oxygen atoms in total. The largest absolute Gasteiger partial charge is 0.0654 e. The Kier molecular flexibility index (Phi) is 8.83. The first-order valence-corrected chi connectivity index (χ1v) is 11.2. The zero-order valence-electron chi connectivity index (χ0n) is 15.1. The van der Waals surface area contributed by atoms with Gasteiger partial charge in [-0.15, -0.1) is 0 Å². The van der Waals surface area contributed by atoms with Crippen LogP contribution in [0.1, 0.15) is 76.3 Å². The summed E-state index contributed by atoms with van der Waals surface area (Å²) < 4.78 is 2.57. The van der Waals surface area contributed by atoms with Crippen molar-refractivity contribution in [3.05, 3.63) is 44.3 Å². The van der Waals surface area contributed by atoms with Crippen molar-refractivity contribution in [1.82, 2.24) is 0 Å². The predicted octanol–water partition coefficient (Wildman–Crippen LogP) is 8.61. The van der Waals surface area contributed by atoms with Crippen molar-refractivity contribution in [3.63, 3.8) is 0 Å². The lowest BCUT2D eigenvalue weighted by Crippen LogP contribution is -1.93. The van der Waals surface area contributed by atoms with Gasteiger partial charge in [-0.2, -0.15) is 0 Å². The fraction of sp³-hybridized carbons (Fsp3) is 0.545. The smallest absolute Gasteiger partial charge is 0.0286 e. The van der Waals surface area contributed by atoms with Crippen LogP contribution < -0.4 is 0 Å². The van der Waals surface area contributed by atoms with Crippen LogP contribution >= 0.6 is 31.9 Å². The molecule has 0 saturated carbocycles. The van der Waals surface area contributed by atoms with Crippen LogP contribution in [-0.4, -0.2) is 0 Å². The molecule has 0 aliphatic heterocycles. The van der Waals surface area contributed by atoms with Crippen molar-refractivity contribution >= 4 is 42.6 Å². The van der Waals surface area contributed by atoms with Crippen LogP contribution in [0.2, 0.25) is 0 Å². The highest BCUT2D eigenvalue weighted by atomic mass is 79.9. The van der Waals surface area contributed by atoms with Crippen molar-refractivity contribution in [1.29, 1.82) is 0 Å². The van der Waals surface area contributed by atoms with E-state index in [1.807, 2.05) is 0 Å². The average Bonchev–Trinajstić information content (AvgIpc) is 2.59. The summed E-state index contributed by atoms with van der Waals surface area (Å²) in [6, 6.07) is 9.22. The van der Waals surface area contributed by atoms with E-state index >= 15 is 0 Å². The van der Waals surface area contributed by atoms with Gasteiger partial charge in [0.15, 0.2) is 0 Å². The van der Waals surface area contributed by atoms with Crippen LogP contribution in [0.25, 0.3) is 10.8 Å². The zero-order chi connectivity index (χ0) is 17.4.